The predicted octanol–water partition coefficient (Wildman–Crippen LogP) is 6.84. The number of rotatable bonds is 2. The first-order chi connectivity index (χ1) is 24.3. The Kier molecular flexibility index (Phi) is 9.62. The van der Waals surface area contributed by atoms with E-state index in [1.165, 1.54) is 17.7 Å². The summed E-state index contributed by atoms with van der Waals surface area (Å²) in [7, 11) is 0. The van der Waals surface area contributed by atoms with Gasteiger partial charge in [0.15, 0.2) is 11.5 Å². The zero-order valence-corrected chi connectivity index (χ0v) is 30.1. The molecule has 1 aromatic carbocycles. The second-order valence-electron chi connectivity index (χ2n) is 14.7. The highest BCUT2D eigenvalue weighted by Gasteiger charge is 2.45. The molecule has 3 atom stereocenters. The molecule has 3 aliphatic heterocycles. The minimum atomic E-state index is -4.98. The fraction of sp³-hybridized carbons (Fsp3) is 0.514. The lowest BCUT2D eigenvalue weighted by atomic mass is 9.97. The van der Waals surface area contributed by atoms with Crippen LogP contribution < -0.4 is 16.3 Å². The Morgan fingerprint density at radius 1 is 1.15 bits per heavy atom. The van der Waals surface area contributed by atoms with Gasteiger partial charge in [-0.2, -0.15) is 23.4 Å². The second kappa shape index (κ2) is 13.4. The fourth-order valence-electron chi connectivity index (χ4n) is 7.38. The number of thiophene rings is 1. The maximum Gasteiger partial charge on any atom is 0.433 e. The van der Waals surface area contributed by atoms with E-state index in [0.717, 1.165) is 42.5 Å². The van der Waals surface area contributed by atoms with Crippen LogP contribution in [0.1, 0.15) is 65.1 Å². The summed E-state index contributed by atoms with van der Waals surface area (Å²) < 4.78 is 76.4. The van der Waals surface area contributed by atoms with Gasteiger partial charge in [-0.05, 0) is 78.1 Å². The lowest BCUT2D eigenvalue weighted by Gasteiger charge is -2.40. The highest BCUT2D eigenvalue weighted by atomic mass is 32.1. The molecule has 278 valence electrons. The van der Waals surface area contributed by atoms with E-state index in [2.05, 4.69) is 26.8 Å². The summed E-state index contributed by atoms with van der Waals surface area (Å²) in [5.74, 6) is -0.822. The summed E-state index contributed by atoms with van der Waals surface area (Å²) >= 11 is 0.752. The summed E-state index contributed by atoms with van der Waals surface area (Å²) in [6.45, 7) is 11.4. The molecule has 0 radical (unpaired) electrons. The molecule has 0 aliphatic carbocycles. The Bertz CT molecular complexity index is 2140. The molecule has 1 amide bonds. The van der Waals surface area contributed by atoms with Crippen LogP contribution in [-0.2, 0) is 10.9 Å². The number of fused-ring (bicyclic) bond motifs is 3. The molecule has 3 aromatic heterocycles. The van der Waals surface area contributed by atoms with Crippen LogP contribution in [0.2, 0.25) is 0 Å². The number of carbonyl (C=O) groups excluding carboxylic acids is 1. The molecule has 0 bridgehead atoms. The van der Waals surface area contributed by atoms with Crippen molar-refractivity contribution in [1.29, 1.82) is 5.26 Å². The van der Waals surface area contributed by atoms with Crippen LogP contribution >= 0.6 is 11.3 Å². The molecule has 6 heterocycles. The number of nitrogens with one attached hydrogen (secondary N) is 1. The number of carbonyl (C=O) groups is 1. The number of hydrogen-bond donors (Lipinski definition) is 2. The number of amides is 1. The second-order valence-corrected chi connectivity index (χ2v) is 15.8. The fourth-order valence-corrected chi connectivity index (χ4v) is 8.33. The number of anilines is 2. The van der Waals surface area contributed by atoms with Crippen molar-refractivity contribution in [3.63, 3.8) is 0 Å². The maximum absolute atomic E-state index is 14.6. The monoisotopic (exact) mass is 746 g/mol. The summed E-state index contributed by atoms with van der Waals surface area (Å²) in [5, 5.41) is 9.52. The summed E-state index contributed by atoms with van der Waals surface area (Å²) in [6.07, 6.45) is -2.82. The highest BCUT2D eigenvalue weighted by molar-refractivity contribution is 7.23. The van der Waals surface area contributed by atoms with Crippen molar-refractivity contribution in [3.05, 3.63) is 45.8 Å². The van der Waals surface area contributed by atoms with Gasteiger partial charge in [0.25, 0.3) is 0 Å². The van der Waals surface area contributed by atoms with Gasteiger partial charge in [-0.1, -0.05) is 6.07 Å². The number of nitrogens with zero attached hydrogens (tertiary/aromatic N) is 6. The standard InChI is InChI=1S/C27H25F4N7O3S.C8H14FN/c1-12-11-37(7-8-38(12)25(40)41-26(2,3)4)23-19-17(34-24(39)36-23)9-14(21(35-19)27(29,30)31)13-5-6-16(28)20-18(13)15(10-32)22(33)42-20;1-8-3-2-4-10(8)6-7(9)5-8/h5-6,9,12H,7-8,11,33H2,1-4H3,(H,34,36,39);7H,2-6H2,1H3/t;7?,8-/m.0/s1. The number of halogens is 5. The average molecular weight is 747 g/mol. The number of alkyl halides is 4. The van der Waals surface area contributed by atoms with Crippen molar-refractivity contribution in [2.24, 2.45) is 0 Å². The van der Waals surface area contributed by atoms with E-state index < -0.39 is 52.8 Å². The molecule has 3 fully saturated rings. The minimum absolute atomic E-state index is 0.0410. The van der Waals surface area contributed by atoms with Crippen LogP contribution in [0.25, 0.3) is 32.2 Å². The van der Waals surface area contributed by atoms with Crippen molar-refractivity contribution in [2.45, 2.75) is 83.4 Å². The molecule has 11 nitrogen and oxygen atoms in total. The third-order valence-corrected chi connectivity index (χ3v) is 10.7. The van der Waals surface area contributed by atoms with Crippen molar-refractivity contribution >= 4 is 49.4 Å². The van der Waals surface area contributed by atoms with E-state index in [-0.39, 0.29) is 68.2 Å². The highest BCUT2D eigenvalue weighted by Crippen LogP contribution is 2.45. The molecular weight excluding hydrogens is 707 g/mol. The van der Waals surface area contributed by atoms with Gasteiger partial charge in [-0.15, -0.1) is 11.3 Å². The zero-order valence-electron chi connectivity index (χ0n) is 29.3. The SMILES string of the molecule is CC1CN(c2nc(=O)[nH]c3cc(-c4ccc(F)c5sc(N)c(C#N)c45)c(C(F)(F)F)nc23)CCN1C(=O)OC(C)(C)C.C[C@@]12CCCN1CC(F)C2. The number of H-pyrrole nitrogens is 1. The van der Waals surface area contributed by atoms with Crippen LogP contribution in [0, 0.1) is 17.1 Å². The number of nitrogens with two attached hydrogens (primary N) is 1. The first-order valence-electron chi connectivity index (χ1n) is 16.9. The largest absolute Gasteiger partial charge is 0.444 e. The molecule has 3 N–H and O–H groups in total. The normalized spacial score (nSPS) is 22.3. The summed E-state index contributed by atoms with van der Waals surface area (Å²) in [4.78, 5) is 41.0. The first-order valence-corrected chi connectivity index (χ1v) is 17.7. The lowest BCUT2D eigenvalue weighted by molar-refractivity contribution is -0.140. The van der Waals surface area contributed by atoms with Crippen molar-refractivity contribution < 1.29 is 31.5 Å². The van der Waals surface area contributed by atoms with E-state index in [4.69, 9.17) is 10.5 Å². The van der Waals surface area contributed by atoms with Gasteiger partial charge < -0.3 is 25.3 Å². The number of aromatic nitrogens is 3. The van der Waals surface area contributed by atoms with Crippen LogP contribution in [0.4, 0.5) is 37.6 Å². The van der Waals surface area contributed by atoms with Gasteiger partial charge in [0.1, 0.15) is 34.2 Å². The van der Waals surface area contributed by atoms with Crippen molar-refractivity contribution in [3.8, 4) is 17.2 Å². The lowest BCUT2D eigenvalue weighted by Crippen LogP contribution is -2.55. The first kappa shape index (κ1) is 37.2. The van der Waals surface area contributed by atoms with Crippen molar-refractivity contribution in [1.82, 2.24) is 24.8 Å². The number of pyridine rings is 1. The molecule has 3 saturated heterocycles. The van der Waals surface area contributed by atoms with Gasteiger partial charge in [0, 0.05) is 48.7 Å². The average Bonchev–Trinajstić information content (AvgIpc) is 3.66. The summed E-state index contributed by atoms with van der Waals surface area (Å²) in [6, 6.07) is 4.64. The molecule has 0 saturated carbocycles. The van der Waals surface area contributed by atoms with E-state index in [0.29, 0.717) is 6.54 Å². The van der Waals surface area contributed by atoms with Crippen LogP contribution in [0.3, 0.4) is 0 Å². The third-order valence-electron chi connectivity index (χ3n) is 9.71. The molecule has 52 heavy (non-hydrogen) atoms. The Morgan fingerprint density at radius 2 is 1.88 bits per heavy atom. The molecule has 7 rings (SSSR count). The number of benzene rings is 1. The van der Waals surface area contributed by atoms with Crippen LogP contribution in [-0.4, -0.2) is 86.9 Å². The summed E-state index contributed by atoms with van der Waals surface area (Å²) in [5.41, 5.74) is 2.27. The molecular formula is C35H39F5N8O3S. The molecule has 0 spiro atoms. The Morgan fingerprint density at radius 3 is 2.52 bits per heavy atom. The van der Waals surface area contributed by atoms with Crippen LogP contribution in [0.15, 0.2) is 23.0 Å². The third kappa shape index (κ3) is 7.10. The molecule has 17 heteroatoms. The number of ether oxygens (including phenoxy) is 1. The van der Waals surface area contributed by atoms with E-state index in [9.17, 15) is 36.8 Å². The van der Waals surface area contributed by atoms with E-state index in [1.54, 1.807) is 32.6 Å². The van der Waals surface area contributed by atoms with Gasteiger partial charge in [-0.3, -0.25) is 4.90 Å². The number of aromatic amines is 1. The quantitative estimate of drug-likeness (QED) is 0.211. The number of hydrogen-bond acceptors (Lipinski definition) is 10. The topological polar surface area (TPSA) is 144 Å². The minimum Gasteiger partial charge on any atom is -0.444 e. The van der Waals surface area contributed by atoms with Gasteiger partial charge in [-0.25, -0.2) is 23.4 Å². The van der Waals surface area contributed by atoms with Gasteiger partial charge in [0.05, 0.1) is 15.8 Å². The predicted molar refractivity (Wildman–Crippen MR) is 188 cm³/mol. The smallest absolute Gasteiger partial charge is 0.433 e. The Labute approximate surface area is 300 Å². The van der Waals surface area contributed by atoms with E-state index >= 15 is 0 Å². The van der Waals surface area contributed by atoms with Crippen LogP contribution in [0.5, 0.6) is 0 Å². The van der Waals surface area contributed by atoms with Gasteiger partial charge in [0.2, 0.25) is 0 Å². The number of piperazine rings is 1. The number of nitriles is 1. The number of nitrogen functional groups attached to an aromatic ring is 1. The Balaban J connectivity index is 0.000000396. The van der Waals surface area contributed by atoms with Gasteiger partial charge >= 0.3 is 18.0 Å². The molecule has 4 aromatic rings. The molecule has 3 aliphatic rings. The zero-order chi connectivity index (χ0) is 37.9. The molecule has 2 unspecified atom stereocenters. The Hall–Kier alpha value is -4.56. The van der Waals surface area contributed by atoms with E-state index in [1.807, 2.05) is 6.07 Å². The maximum atomic E-state index is 14.6. The van der Waals surface area contributed by atoms with Crippen molar-refractivity contribution in [2.75, 3.05) is 43.4 Å².